The molecule has 1 aromatic rings. The molecule has 0 unspecified atom stereocenters. The van der Waals surface area contributed by atoms with Crippen molar-refractivity contribution >= 4 is 5.91 Å². The van der Waals surface area contributed by atoms with Crippen LogP contribution in [0.3, 0.4) is 0 Å². The van der Waals surface area contributed by atoms with Gasteiger partial charge in [-0.1, -0.05) is 18.2 Å². The number of carbonyl (C=O) groups is 1. The fourth-order valence-corrected chi connectivity index (χ4v) is 3.66. The summed E-state index contributed by atoms with van der Waals surface area (Å²) in [5, 5.41) is 0. The molecule has 1 saturated carbocycles. The normalized spacial score (nSPS) is 22.1. The lowest BCUT2D eigenvalue weighted by Crippen LogP contribution is -2.54. The largest absolute Gasteiger partial charge is 0.339 e. The molecule has 1 saturated heterocycles. The van der Waals surface area contributed by atoms with E-state index in [0.29, 0.717) is 5.41 Å². The Hall–Kier alpha value is -1.35. The van der Waals surface area contributed by atoms with Crippen LogP contribution in [0, 0.1) is 5.41 Å². The summed E-state index contributed by atoms with van der Waals surface area (Å²) in [4.78, 5) is 16.8. The second-order valence-corrected chi connectivity index (χ2v) is 6.68. The average Bonchev–Trinajstić information content (AvgIpc) is 2.45. The maximum absolute atomic E-state index is 12.4. The first kappa shape index (κ1) is 13.6. The van der Waals surface area contributed by atoms with Gasteiger partial charge in [0.25, 0.3) is 5.91 Å². The van der Waals surface area contributed by atoms with E-state index >= 15 is 0 Å². The van der Waals surface area contributed by atoms with Crippen LogP contribution in [0.25, 0.3) is 0 Å². The van der Waals surface area contributed by atoms with Crippen LogP contribution < -0.4 is 0 Å². The van der Waals surface area contributed by atoms with Crippen LogP contribution in [-0.4, -0.2) is 48.9 Å². The van der Waals surface area contributed by atoms with Crippen LogP contribution in [0.1, 0.15) is 36.0 Å². The van der Waals surface area contributed by atoms with Crippen LogP contribution >= 0.6 is 0 Å². The van der Waals surface area contributed by atoms with Gasteiger partial charge in [-0.3, -0.25) is 4.79 Å². The number of hydrogen-bond donors (Lipinski definition) is 0. The molecule has 0 aromatic heterocycles. The van der Waals surface area contributed by atoms with Crippen molar-refractivity contribution in [3.8, 4) is 0 Å². The van der Waals surface area contributed by atoms with Gasteiger partial charge in [0, 0.05) is 24.7 Å². The summed E-state index contributed by atoms with van der Waals surface area (Å²) < 4.78 is 0. The molecule has 1 spiro atoms. The Morgan fingerprint density at radius 2 is 1.75 bits per heavy atom. The summed E-state index contributed by atoms with van der Waals surface area (Å²) in [6.45, 7) is 1.85. The van der Waals surface area contributed by atoms with Gasteiger partial charge < -0.3 is 9.80 Å². The number of nitrogens with zero attached hydrogens (tertiary/aromatic N) is 2. The van der Waals surface area contributed by atoms with Crippen molar-refractivity contribution < 1.29 is 4.79 Å². The van der Waals surface area contributed by atoms with Gasteiger partial charge in [0.1, 0.15) is 0 Å². The second kappa shape index (κ2) is 5.21. The van der Waals surface area contributed by atoms with Gasteiger partial charge in [-0.2, -0.15) is 0 Å². The standard InChI is InChI=1S/C17H24N2O/c1-18(2)15-12-17(13-15)8-10-19(11-9-17)16(20)14-6-4-3-5-7-14/h3-7,15H,8-13H2,1-2H3. The molecule has 3 rings (SSSR count). The Labute approximate surface area is 121 Å². The highest BCUT2D eigenvalue weighted by atomic mass is 16.2. The smallest absolute Gasteiger partial charge is 0.253 e. The number of likely N-dealkylation sites (tertiary alicyclic amines) is 1. The van der Waals surface area contributed by atoms with E-state index in [2.05, 4.69) is 19.0 Å². The summed E-state index contributed by atoms with van der Waals surface area (Å²) >= 11 is 0. The molecule has 3 heteroatoms. The Balaban J connectivity index is 1.56. The van der Waals surface area contributed by atoms with Crippen molar-refractivity contribution in [1.29, 1.82) is 0 Å². The molecule has 0 N–H and O–H groups in total. The molecule has 108 valence electrons. The maximum atomic E-state index is 12.4. The lowest BCUT2D eigenvalue weighted by atomic mass is 9.60. The van der Waals surface area contributed by atoms with E-state index in [1.165, 1.54) is 25.7 Å². The molecule has 0 atom stereocenters. The van der Waals surface area contributed by atoms with E-state index in [0.717, 1.165) is 24.7 Å². The molecule has 0 radical (unpaired) electrons. The van der Waals surface area contributed by atoms with Gasteiger partial charge in [-0.25, -0.2) is 0 Å². The number of hydrogen-bond acceptors (Lipinski definition) is 2. The number of amides is 1. The molecular weight excluding hydrogens is 248 g/mol. The third kappa shape index (κ3) is 2.47. The second-order valence-electron chi connectivity index (χ2n) is 6.68. The average molecular weight is 272 g/mol. The predicted octanol–water partition coefficient (Wildman–Crippen LogP) is 2.63. The van der Waals surface area contributed by atoms with E-state index in [9.17, 15) is 4.79 Å². The third-order valence-electron chi connectivity index (χ3n) is 5.20. The summed E-state index contributed by atoms with van der Waals surface area (Å²) in [5.74, 6) is 0.198. The highest BCUT2D eigenvalue weighted by Gasteiger charge is 2.46. The zero-order valence-electron chi connectivity index (χ0n) is 12.5. The third-order valence-corrected chi connectivity index (χ3v) is 5.20. The first-order chi connectivity index (χ1) is 9.60. The predicted molar refractivity (Wildman–Crippen MR) is 80.7 cm³/mol. The Kier molecular flexibility index (Phi) is 3.55. The van der Waals surface area contributed by atoms with Crippen molar-refractivity contribution in [2.45, 2.75) is 31.7 Å². The van der Waals surface area contributed by atoms with Crippen LogP contribution in [0.5, 0.6) is 0 Å². The van der Waals surface area contributed by atoms with Gasteiger partial charge in [-0.15, -0.1) is 0 Å². The molecule has 1 amide bonds. The topological polar surface area (TPSA) is 23.6 Å². The molecule has 1 aromatic carbocycles. The lowest BCUT2D eigenvalue weighted by molar-refractivity contribution is -0.0231. The highest BCUT2D eigenvalue weighted by Crippen LogP contribution is 2.50. The van der Waals surface area contributed by atoms with Crippen LogP contribution in [0.4, 0.5) is 0 Å². The summed E-state index contributed by atoms with van der Waals surface area (Å²) in [7, 11) is 4.34. The Morgan fingerprint density at radius 1 is 1.15 bits per heavy atom. The van der Waals surface area contributed by atoms with E-state index in [1.807, 2.05) is 35.2 Å². The molecule has 1 heterocycles. The van der Waals surface area contributed by atoms with Gasteiger partial charge in [0.05, 0.1) is 0 Å². The highest BCUT2D eigenvalue weighted by molar-refractivity contribution is 5.94. The maximum Gasteiger partial charge on any atom is 0.253 e. The lowest BCUT2D eigenvalue weighted by Gasteiger charge is -2.54. The van der Waals surface area contributed by atoms with Gasteiger partial charge in [0.2, 0.25) is 0 Å². The van der Waals surface area contributed by atoms with Crippen molar-refractivity contribution in [2.24, 2.45) is 5.41 Å². The molecular formula is C17H24N2O. The zero-order valence-corrected chi connectivity index (χ0v) is 12.5. The van der Waals surface area contributed by atoms with Crippen molar-refractivity contribution in [3.63, 3.8) is 0 Å². The fourth-order valence-electron chi connectivity index (χ4n) is 3.66. The van der Waals surface area contributed by atoms with E-state index in [-0.39, 0.29) is 5.91 Å². The van der Waals surface area contributed by atoms with Crippen molar-refractivity contribution in [1.82, 2.24) is 9.80 Å². The quantitative estimate of drug-likeness (QED) is 0.826. The van der Waals surface area contributed by atoms with Gasteiger partial charge in [-0.05, 0) is 57.3 Å². The van der Waals surface area contributed by atoms with E-state index in [4.69, 9.17) is 0 Å². The zero-order chi connectivity index (χ0) is 14.2. The first-order valence-electron chi connectivity index (χ1n) is 7.60. The summed E-state index contributed by atoms with van der Waals surface area (Å²) in [5.41, 5.74) is 1.35. The monoisotopic (exact) mass is 272 g/mol. The minimum absolute atomic E-state index is 0.198. The summed E-state index contributed by atoms with van der Waals surface area (Å²) in [6, 6.07) is 10.4. The summed E-state index contributed by atoms with van der Waals surface area (Å²) in [6.07, 6.45) is 4.98. The number of rotatable bonds is 2. The Bertz CT molecular complexity index is 467. The molecule has 1 aliphatic heterocycles. The molecule has 20 heavy (non-hydrogen) atoms. The number of carbonyl (C=O) groups excluding carboxylic acids is 1. The van der Waals surface area contributed by atoms with Crippen molar-refractivity contribution in [3.05, 3.63) is 35.9 Å². The van der Waals surface area contributed by atoms with Gasteiger partial charge >= 0.3 is 0 Å². The SMILES string of the molecule is CN(C)C1CC2(CCN(C(=O)c3ccccc3)CC2)C1. The molecule has 2 aliphatic rings. The molecule has 3 nitrogen and oxygen atoms in total. The first-order valence-corrected chi connectivity index (χ1v) is 7.60. The van der Waals surface area contributed by atoms with E-state index in [1.54, 1.807) is 0 Å². The van der Waals surface area contributed by atoms with Crippen LogP contribution in [0.2, 0.25) is 0 Å². The van der Waals surface area contributed by atoms with E-state index < -0.39 is 0 Å². The molecule has 2 fully saturated rings. The number of piperidine rings is 1. The number of benzene rings is 1. The minimum Gasteiger partial charge on any atom is -0.339 e. The van der Waals surface area contributed by atoms with Crippen LogP contribution in [-0.2, 0) is 0 Å². The minimum atomic E-state index is 0.198. The molecule has 0 bridgehead atoms. The van der Waals surface area contributed by atoms with Crippen molar-refractivity contribution in [2.75, 3.05) is 27.2 Å². The van der Waals surface area contributed by atoms with Gasteiger partial charge in [0.15, 0.2) is 0 Å². The fraction of sp³-hybridized carbons (Fsp3) is 0.588. The Morgan fingerprint density at radius 3 is 2.30 bits per heavy atom. The molecule has 1 aliphatic carbocycles. The van der Waals surface area contributed by atoms with Crippen LogP contribution in [0.15, 0.2) is 30.3 Å².